The van der Waals surface area contributed by atoms with Crippen LogP contribution in [0.5, 0.6) is 5.75 Å². The number of fused-ring (bicyclic) bond motifs is 3. The summed E-state index contributed by atoms with van der Waals surface area (Å²) in [6.07, 6.45) is -3.45. The zero-order chi connectivity index (χ0) is 30.7. The summed E-state index contributed by atoms with van der Waals surface area (Å²) in [5, 5.41) is 2.73. The number of alkyl halides is 3. The molecule has 0 spiro atoms. The number of anilines is 1. The van der Waals surface area contributed by atoms with Gasteiger partial charge in [-0.2, -0.15) is 13.2 Å². The minimum Gasteiger partial charge on any atom is -0.482 e. The number of aromatic nitrogens is 4. The average molecular weight is 661 g/mol. The fourth-order valence-electron chi connectivity index (χ4n) is 5.33. The van der Waals surface area contributed by atoms with Gasteiger partial charge in [0.25, 0.3) is 5.91 Å². The molecule has 10 nitrogen and oxygen atoms in total. The molecule has 2 aliphatic heterocycles. The zero-order valence-electron chi connectivity index (χ0n) is 22.5. The summed E-state index contributed by atoms with van der Waals surface area (Å²) in [5.41, 5.74) is 1.09. The second kappa shape index (κ2) is 11.1. The summed E-state index contributed by atoms with van der Waals surface area (Å²) in [4.78, 5) is 23.8. The number of imidazole rings is 1. The molecule has 5 heterocycles. The molecule has 1 unspecified atom stereocenters. The number of halogens is 5. The maximum absolute atomic E-state index is 15.3. The Balaban J connectivity index is 1.32. The Labute approximate surface area is 253 Å². The fourth-order valence-corrected chi connectivity index (χ4v) is 7.84. The number of rotatable bonds is 6. The van der Waals surface area contributed by atoms with E-state index >= 15 is 4.39 Å². The van der Waals surface area contributed by atoms with E-state index in [1.807, 2.05) is 6.92 Å². The lowest BCUT2D eigenvalue weighted by atomic mass is 9.95. The van der Waals surface area contributed by atoms with Gasteiger partial charge in [0.15, 0.2) is 6.61 Å². The van der Waals surface area contributed by atoms with Gasteiger partial charge >= 0.3 is 6.18 Å². The van der Waals surface area contributed by atoms with Crippen molar-refractivity contribution >= 4 is 50.4 Å². The molecule has 6 rings (SSSR count). The second-order valence-corrected chi connectivity index (χ2v) is 13.5. The molecule has 1 saturated heterocycles. The first-order valence-corrected chi connectivity index (χ1v) is 16.1. The number of hydrogen-bond donors (Lipinski definition) is 2. The SMILES string of the molecule is CCc1nc(N2CCCS2(O)O)ccc1OCC(=O)N1CCc2nc3sc(C(F)(F)F)nn3c2C1c1ccc(Cl)cc1F. The molecular formula is C26H25ClF4N6O4S2. The highest BCUT2D eigenvalue weighted by Crippen LogP contribution is 2.50. The first kappa shape index (κ1) is 29.9. The van der Waals surface area contributed by atoms with Crippen LogP contribution in [0.3, 0.4) is 0 Å². The molecule has 0 aliphatic carbocycles. The summed E-state index contributed by atoms with van der Waals surface area (Å²) in [6.45, 7) is 1.91. The molecular weight excluding hydrogens is 636 g/mol. The first-order valence-electron chi connectivity index (χ1n) is 13.2. The van der Waals surface area contributed by atoms with Crippen molar-refractivity contribution in [2.45, 2.75) is 38.4 Å². The maximum Gasteiger partial charge on any atom is 0.445 e. The molecule has 230 valence electrons. The van der Waals surface area contributed by atoms with E-state index in [0.29, 0.717) is 53.7 Å². The molecule has 0 saturated carbocycles. The monoisotopic (exact) mass is 660 g/mol. The van der Waals surface area contributed by atoms with Gasteiger partial charge in [-0.3, -0.25) is 18.2 Å². The van der Waals surface area contributed by atoms with E-state index in [9.17, 15) is 27.1 Å². The van der Waals surface area contributed by atoms with Crippen molar-refractivity contribution in [2.24, 2.45) is 0 Å². The third-order valence-electron chi connectivity index (χ3n) is 7.29. The van der Waals surface area contributed by atoms with Gasteiger partial charge in [0.1, 0.15) is 23.4 Å². The van der Waals surface area contributed by atoms with E-state index in [1.54, 1.807) is 12.1 Å². The number of amides is 1. The standard InChI is InChI=1S/C26H25ClF4N6O4S2/c1-2-17-19(6-7-20(32-17)36-9-3-11-43(36,39)40)41-13-21(38)35-10-8-18-23(22(35)15-5-4-14(27)12-16(15)28)37-25(33-18)42-24(34-37)26(29,30)31/h4-7,12,22,39-40H,2-3,8-11,13H2,1H3. The number of hydrogen-bond acceptors (Lipinski definition) is 9. The van der Waals surface area contributed by atoms with Crippen LogP contribution < -0.4 is 9.04 Å². The van der Waals surface area contributed by atoms with Crippen molar-refractivity contribution in [1.29, 1.82) is 0 Å². The molecule has 43 heavy (non-hydrogen) atoms. The second-order valence-electron chi connectivity index (χ2n) is 10.00. The third-order valence-corrected chi connectivity index (χ3v) is 10.4. The average Bonchev–Trinajstić information content (AvgIpc) is 3.63. The molecule has 4 aromatic rings. The summed E-state index contributed by atoms with van der Waals surface area (Å²) in [5.74, 6) is -0.334. The molecule has 1 fully saturated rings. The van der Waals surface area contributed by atoms with E-state index in [2.05, 4.69) is 15.1 Å². The van der Waals surface area contributed by atoms with Crippen molar-refractivity contribution in [2.75, 3.05) is 29.8 Å². The lowest BCUT2D eigenvalue weighted by Crippen LogP contribution is -2.43. The van der Waals surface area contributed by atoms with Crippen molar-refractivity contribution in [1.82, 2.24) is 24.5 Å². The summed E-state index contributed by atoms with van der Waals surface area (Å²) in [7, 11) is -2.94. The Morgan fingerprint density at radius 1 is 1.21 bits per heavy atom. The molecule has 2 aliphatic rings. The van der Waals surface area contributed by atoms with Crippen LogP contribution in [0.1, 0.15) is 47.0 Å². The predicted molar refractivity (Wildman–Crippen MR) is 153 cm³/mol. The molecule has 1 amide bonds. The van der Waals surface area contributed by atoms with E-state index in [1.165, 1.54) is 21.3 Å². The quantitative estimate of drug-likeness (QED) is 0.243. The Morgan fingerprint density at radius 2 is 2.00 bits per heavy atom. The molecule has 3 aromatic heterocycles. The third kappa shape index (κ3) is 5.50. The van der Waals surface area contributed by atoms with Crippen LogP contribution in [0.4, 0.5) is 23.4 Å². The van der Waals surface area contributed by atoms with Crippen LogP contribution in [0, 0.1) is 5.82 Å². The summed E-state index contributed by atoms with van der Waals surface area (Å²) in [6, 6.07) is 5.92. The number of carbonyl (C=O) groups is 1. The van der Waals surface area contributed by atoms with Gasteiger partial charge in [-0.05, 0) is 37.1 Å². The van der Waals surface area contributed by atoms with Gasteiger partial charge in [-0.1, -0.05) is 35.9 Å². The first-order chi connectivity index (χ1) is 20.4. The molecule has 1 aromatic carbocycles. The highest BCUT2D eigenvalue weighted by molar-refractivity contribution is 8.25. The minimum absolute atomic E-state index is 0.0179. The number of pyridine rings is 1. The van der Waals surface area contributed by atoms with Crippen molar-refractivity contribution < 1.29 is 36.2 Å². The maximum atomic E-state index is 15.3. The van der Waals surface area contributed by atoms with Crippen molar-refractivity contribution in [3.63, 3.8) is 0 Å². The number of ether oxygens (including phenoxy) is 1. The molecule has 0 radical (unpaired) electrons. The Kier molecular flexibility index (Phi) is 7.69. The number of nitrogens with zero attached hydrogens (tertiary/aromatic N) is 6. The lowest BCUT2D eigenvalue weighted by Gasteiger charge is -2.37. The van der Waals surface area contributed by atoms with E-state index in [-0.39, 0.29) is 40.0 Å². The number of aryl methyl sites for hydroxylation is 1. The van der Waals surface area contributed by atoms with E-state index < -0.39 is 46.3 Å². The smallest absolute Gasteiger partial charge is 0.445 e. The van der Waals surface area contributed by atoms with Crippen LogP contribution in [0.25, 0.3) is 4.96 Å². The Bertz CT molecular complexity index is 1710. The lowest BCUT2D eigenvalue weighted by molar-refractivity contribution is -0.138. The highest BCUT2D eigenvalue weighted by atomic mass is 35.5. The van der Waals surface area contributed by atoms with Gasteiger partial charge in [0, 0.05) is 30.1 Å². The normalized spacial score (nSPS) is 19.1. The fraction of sp³-hybridized carbons (Fsp3) is 0.385. The number of carbonyl (C=O) groups excluding carboxylic acids is 1. The Hall–Kier alpha value is -3.18. The predicted octanol–water partition coefficient (Wildman–Crippen LogP) is 5.99. The largest absolute Gasteiger partial charge is 0.482 e. The molecule has 0 bridgehead atoms. The Morgan fingerprint density at radius 3 is 2.67 bits per heavy atom. The summed E-state index contributed by atoms with van der Waals surface area (Å²) >= 11 is 6.33. The van der Waals surface area contributed by atoms with Crippen LogP contribution in [-0.4, -0.2) is 64.9 Å². The van der Waals surface area contributed by atoms with Gasteiger partial charge in [-0.25, -0.2) is 18.9 Å². The molecule has 1 atom stereocenters. The van der Waals surface area contributed by atoms with Crippen LogP contribution in [0.2, 0.25) is 5.02 Å². The van der Waals surface area contributed by atoms with E-state index in [4.69, 9.17) is 16.3 Å². The zero-order valence-corrected chi connectivity index (χ0v) is 24.9. The highest BCUT2D eigenvalue weighted by Gasteiger charge is 2.41. The van der Waals surface area contributed by atoms with E-state index in [0.717, 1.165) is 10.6 Å². The van der Waals surface area contributed by atoms with Gasteiger partial charge in [0.2, 0.25) is 9.97 Å². The van der Waals surface area contributed by atoms with Gasteiger partial charge in [0.05, 0.1) is 22.8 Å². The molecule has 17 heteroatoms. The van der Waals surface area contributed by atoms with Crippen molar-refractivity contribution in [3.05, 3.63) is 68.8 Å². The van der Waals surface area contributed by atoms with Crippen molar-refractivity contribution in [3.8, 4) is 5.75 Å². The van der Waals surface area contributed by atoms with Crippen LogP contribution in [0.15, 0.2) is 30.3 Å². The van der Waals surface area contributed by atoms with Crippen LogP contribution >= 0.6 is 33.7 Å². The topological polar surface area (TPSA) is 116 Å². The molecule has 2 N–H and O–H groups in total. The van der Waals surface area contributed by atoms with Gasteiger partial charge < -0.3 is 9.64 Å². The van der Waals surface area contributed by atoms with Gasteiger partial charge in [-0.15, -0.1) is 15.9 Å². The number of benzene rings is 1. The minimum atomic E-state index is -4.70. The van der Waals surface area contributed by atoms with Crippen LogP contribution in [-0.2, 0) is 23.8 Å². The summed E-state index contributed by atoms with van der Waals surface area (Å²) < 4.78 is 84.7.